The van der Waals surface area contributed by atoms with E-state index in [4.69, 9.17) is 9.26 Å². The maximum absolute atomic E-state index is 5.26. The molecule has 26 heavy (non-hydrogen) atoms. The molecular formula is C19H17N5O2. The molecule has 0 aliphatic carbocycles. The van der Waals surface area contributed by atoms with Crippen LogP contribution in [-0.4, -0.2) is 27.0 Å². The smallest absolute Gasteiger partial charge is 0.322 e. The molecule has 4 rings (SSSR count). The zero-order chi connectivity index (χ0) is 17.8. The van der Waals surface area contributed by atoms with Crippen LogP contribution >= 0.6 is 0 Å². The SMILES string of the molecule is COc1cccc(-c2noc(NCc3ccn(-c4ccccc4)n3)n2)c1. The van der Waals surface area contributed by atoms with Crippen molar-refractivity contribution in [3.8, 4) is 22.8 Å². The quantitative estimate of drug-likeness (QED) is 0.575. The number of aromatic nitrogens is 4. The second-order valence-electron chi connectivity index (χ2n) is 5.60. The Bertz CT molecular complexity index is 994. The summed E-state index contributed by atoms with van der Waals surface area (Å²) in [6.45, 7) is 0.486. The normalized spacial score (nSPS) is 10.7. The van der Waals surface area contributed by atoms with Gasteiger partial charge in [-0.1, -0.05) is 35.5 Å². The molecule has 2 aromatic carbocycles. The lowest BCUT2D eigenvalue weighted by Gasteiger charge is -2.00. The maximum Gasteiger partial charge on any atom is 0.322 e. The van der Waals surface area contributed by atoms with Gasteiger partial charge in [0.1, 0.15) is 5.75 Å². The summed E-state index contributed by atoms with van der Waals surface area (Å²) >= 11 is 0. The van der Waals surface area contributed by atoms with Gasteiger partial charge in [0, 0.05) is 11.8 Å². The molecule has 0 amide bonds. The molecular weight excluding hydrogens is 330 g/mol. The zero-order valence-electron chi connectivity index (χ0n) is 14.2. The van der Waals surface area contributed by atoms with E-state index in [-0.39, 0.29) is 0 Å². The predicted octanol–water partition coefficient (Wildman–Crippen LogP) is 3.54. The van der Waals surface area contributed by atoms with Crippen molar-refractivity contribution in [3.05, 3.63) is 72.6 Å². The largest absolute Gasteiger partial charge is 0.497 e. The minimum atomic E-state index is 0.345. The summed E-state index contributed by atoms with van der Waals surface area (Å²) in [5.41, 5.74) is 2.71. The fourth-order valence-corrected chi connectivity index (χ4v) is 2.52. The van der Waals surface area contributed by atoms with Crippen molar-refractivity contribution < 1.29 is 9.26 Å². The van der Waals surface area contributed by atoms with Crippen LogP contribution in [0.3, 0.4) is 0 Å². The Morgan fingerprint density at radius 1 is 1.08 bits per heavy atom. The van der Waals surface area contributed by atoms with Crippen molar-refractivity contribution in [2.24, 2.45) is 0 Å². The monoisotopic (exact) mass is 347 g/mol. The van der Waals surface area contributed by atoms with E-state index >= 15 is 0 Å². The summed E-state index contributed by atoms with van der Waals surface area (Å²) in [5.74, 6) is 1.24. The van der Waals surface area contributed by atoms with Crippen LogP contribution in [0, 0.1) is 0 Å². The number of ether oxygens (including phenoxy) is 1. The Hall–Kier alpha value is -3.61. The van der Waals surface area contributed by atoms with Crippen LogP contribution in [-0.2, 0) is 6.54 Å². The van der Waals surface area contributed by atoms with Crippen LogP contribution in [0.15, 0.2) is 71.4 Å². The van der Waals surface area contributed by atoms with Gasteiger partial charge in [0.2, 0.25) is 5.82 Å². The van der Waals surface area contributed by atoms with E-state index in [2.05, 4.69) is 20.6 Å². The highest BCUT2D eigenvalue weighted by molar-refractivity contribution is 5.57. The van der Waals surface area contributed by atoms with Crippen molar-refractivity contribution in [3.63, 3.8) is 0 Å². The molecule has 2 aromatic heterocycles. The second kappa shape index (κ2) is 7.10. The van der Waals surface area contributed by atoms with Crippen molar-refractivity contribution >= 4 is 6.01 Å². The summed E-state index contributed by atoms with van der Waals surface area (Å²) in [7, 11) is 1.62. The van der Waals surface area contributed by atoms with E-state index in [0.29, 0.717) is 18.4 Å². The van der Waals surface area contributed by atoms with Gasteiger partial charge >= 0.3 is 6.01 Å². The minimum Gasteiger partial charge on any atom is -0.497 e. The summed E-state index contributed by atoms with van der Waals surface area (Å²) in [5, 5.41) is 11.6. The lowest BCUT2D eigenvalue weighted by Crippen LogP contribution is -2.02. The summed E-state index contributed by atoms with van der Waals surface area (Å²) in [6, 6.07) is 19.7. The predicted molar refractivity (Wildman–Crippen MR) is 97.2 cm³/mol. The van der Waals surface area contributed by atoms with E-state index in [0.717, 1.165) is 22.7 Å². The average Bonchev–Trinajstić information content (AvgIpc) is 3.37. The van der Waals surface area contributed by atoms with E-state index in [9.17, 15) is 0 Å². The minimum absolute atomic E-state index is 0.345. The van der Waals surface area contributed by atoms with Gasteiger partial charge in [-0.3, -0.25) is 0 Å². The lowest BCUT2D eigenvalue weighted by atomic mass is 10.2. The molecule has 130 valence electrons. The van der Waals surface area contributed by atoms with Crippen LogP contribution in [0.2, 0.25) is 0 Å². The zero-order valence-corrected chi connectivity index (χ0v) is 14.2. The molecule has 0 unspecified atom stereocenters. The van der Waals surface area contributed by atoms with Crippen molar-refractivity contribution in [2.45, 2.75) is 6.54 Å². The molecule has 0 aliphatic rings. The van der Waals surface area contributed by atoms with Gasteiger partial charge in [-0.25, -0.2) is 4.68 Å². The van der Waals surface area contributed by atoms with Crippen LogP contribution in [0.25, 0.3) is 17.1 Å². The third kappa shape index (κ3) is 3.41. The third-order valence-electron chi connectivity index (χ3n) is 3.84. The number of rotatable bonds is 6. The molecule has 4 aromatic rings. The maximum atomic E-state index is 5.26. The van der Waals surface area contributed by atoms with Gasteiger partial charge in [0.25, 0.3) is 0 Å². The van der Waals surface area contributed by atoms with Gasteiger partial charge < -0.3 is 14.6 Å². The number of nitrogens with one attached hydrogen (secondary N) is 1. The Morgan fingerprint density at radius 3 is 2.81 bits per heavy atom. The molecule has 7 heteroatoms. The number of methoxy groups -OCH3 is 1. The van der Waals surface area contributed by atoms with Crippen LogP contribution in [0.1, 0.15) is 5.69 Å². The van der Waals surface area contributed by atoms with Crippen LogP contribution < -0.4 is 10.1 Å². The molecule has 7 nitrogen and oxygen atoms in total. The fraction of sp³-hybridized carbons (Fsp3) is 0.105. The number of anilines is 1. The topological polar surface area (TPSA) is 78.0 Å². The molecule has 1 N–H and O–H groups in total. The van der Waals surface area contributed by atoms with Gasteiger partial charge in [0.05, 0.1) is 25.0 Å². The Balaban J connectivity index is 1.43. The fourth-order valence-electron chi connectivity index (χ4n) is 2.52. The molecule has 0 radical (unpaired) electrons. The highest BCUT2D eigenvalue weighted by Crippen LogP contribution is 2.22. The molecule has 2 heterocycles. The van der Waals surface area contributed by atoms with Gasteiger partial charge in [0.15, 0.2) is 0 Å². The van der Waals surface area contributed by atoms with E-state index in [1.165, 1.54) is 0 Å². The Kier molecular flexibility index (Phi) is 4.34. The highest BCUT2D eigenvalue weighted by atomic mass is 16.5. The van der Waals surface area contributed by atoms with Gasteiger partial charge in [-0.2, -0.15) is 10.1 Å². The number of hydrogen-bond acceptors (Lipinski definition) is 6. The first-order valence-corrected chi connectivity index (χ1v) is 8.14. The van der Waals surface area contributed by atoms with E-state index in [1.54, 1.807) is 7.11 Å². The van der Waals surface area contributed by atoms with Crippen molar-refractivity contribution in [2.75, 3.05) is 12.4 Å². The summed E-state index contributed by atoms with van der Waals surface area (Å²) < 4.78 is 12.3. The standard InChI is InChI=1S/C19H17N5O2/c1-25-17-9-5-6-14(12-17)18-21-19(26-23-18)20-13-15-10-11-24(22-15)16-7-3-2-4-8-16/h2-12H,13H2,1H3,(H,20,21,23). The first kappa shape index (κ1) is 15.9. The van der Waals surface area contributed by atoms with E-state index < -0.39 is 0 Å². The molecule has 0 bridgehead atoms. The lowest BCUT2D eigenvalue weighted by molar-refractivity contribution is 0.414. The summed E-state index contributed by atoms with van der Waals surface area (Å²) in [6.07, 6.45) is 1.92. The number of para-hydroxylation sites is 1. The Labute approximate surface area is 150 Å². The Morgan fingerprint density at radius 2 is 1.96 bits per heavy atom. The first-order chi connectivity index (χ1) is 12.8. The molecule has 0 spiro atoms. The third-order valence-corrected chi connectivity index (χ3v) is 3.84. The highest BCUT2D eigenvalue weighted by Gasteiger charge is 2.10. The molecule has 0 aliphatic heterocycles. The van der Waals surface area contributed by atoms with Crippen molar-refractivity contribution in [1.29, 1.82) is 0 Å². The molecule has 0 saturated heterocycles. The van der Waals surface area contributed by atoms with Gasteiger partial charge in [-0.05, 0) is 30.3 Å². The van der Waals surface area contributed by atoms with Crippen LogP contribution in [0.4, 0.5) is 6.01 Å². The molecule has 0 fully saturated rings. The average molecular weight is 347 g/mol. The molecule has 0 saturated carbocycles. The summed E-state index contributed by atoms with van der Waals surface area (Å²) in [4.78, 5) is 4.36. The van der Waals surface area contributed by atoms with E-state index in [1.807, 2.05) is 71.5 Å². The molecule has 0 atom stereocenters. The van der Waals surface area contributed by atoms with Crippen LogP contribution in [0.5, 0.6) is 5.75 Å². The van der Waals surface area contributed by atoms with Gasteiger partial charge in [-0.15, -0.1) is 0 Å². The number of benzene rings is 2. The second-order valence-corrected chi connectivity index (χ2v) is 5.60. The number of nitrogens with zero attached hydrogens (tertiary/aromatic N) is 4. The van der Waals surface area contributed by atoms with Crippen molar-refractivity contribution in [1.82, 2.24) is 19.9 Å². The number of hydrogen-bond donors (Lipinski definition) is 1. The first-order valence-electron chi connectivity index (χ1n) is 8.14.